The number of nitrogens with zero attached hydrogens (tertiary/aromatic N) is 1. The van der Waals surface area contributed by atoms with E-state index in [0.717, 1.165) is 37.1 Å². The number of urea groups is 1. The van der Waals surface area contributed by atoms with Crippen LogP contribution in [0.25, 0.3) is 0 Å². The van der Waals surface area contributed by atoms with Crippen molar-refractivity contribution in [2.24, 2.45) is 5.73 Å². The SMILES string of the molecule is Cl.NC(=O)NCC1CCCCN1C(=O)CCc1ccccc1N. The van der Waals surface area contributed by atoms with Crippen LogP contribution in [-0.2, 0) is 11.2 Å². The summed E-state index contributed by atoms with van der Waals surface area (Å²) in [5.74, 6) is 0.110. The van der Waals surface area contributed by atoms with Crippen LogP contribution >= 0.6 is 12.4 Å². The monoisotopic (exact) mass is 340 g/mol. The molecule has 23 heavy (non-hydrogen) atoms. The second-order valence-corrected chi connectivity index (χ2v) is 5.68. The maximum Gasteiger partial charge on any atom is 0.312 e. The van der Waals surface area contributed by atoms with Crippen LogP contribution in [0, 0.1) is 0 Å². The number of aryl methyl sites for hydroxylation is 1. The first-order valence-electron chi connectivity index (χ1n) is 7.74. The highest BCUT2D eigenvalue weighted by molar-refractivity contribution is 5.85. The van der Waals surface area contributed by atoms with E-state index in [4.69, 9.17) is 11.5 Å². The fourth-order valence-corrected chi connectivity index (χ4v) is 2.91. The Balaban J connectivity index is 0.00000264. The van der Waals surface area contributed by atoms with Crippen LogP contribution in [0.3, 0.4) is 0 Å². The standard InChI is InChI=1S/C16H24N4O2.ClH/c17-14-7-2-1-5-12(14)8-9-15(21)20-10-4-3-6-13(20)11-19-16(18)22;/h1-2,5,7,13H,3-4,6,8-11,17H2,(H3,18,19,22);1H. The number of carbonyl (C=O) groups is 2. The summed E-state index contributed by atoms with van der Waals surface area (Å²) in [7, 11) is 0. The van der Waals surface area contributed by atoms with Crippen molar-refractivity contribution in [1.29, 1.82) is 0 Å². The highest BCUT2D eigenvalue weighted by atomic mass is 35.5. The molecule has 1 heterocycles. The van der Waals surface area contributed by atoms with Gasteiger partial charge in [0.15, 0.2) is 0 Å². The Bertz CT molecular complexity index is 539. The molecule has 1 atom stereocenters. The van der Waals surface area contributed by atoms with Crippen LogP contribution in [0.15, 0.2) is 24.3 Å². The summed E-state index contributed by atoms with van der Waals surface area (Å²) in [6.07, 6.45) is 4.05. The third-order valence-corrected chi connectivity index (χ3v) is 4.12. The van der Waals surface area contributed by atoms with E-state index in [2.05, 4.69) is 5.32 Å². The van der Waals surface area contributed by atoms with E-state index in [1.54, 1.807) is 0 Å². The molecule has 1 aliphatic heterocycles. The van der Waals surface area contributed by atoms with Crippen molar-refractivity contribution < 1.29 is 9.59 Å². The number of benzene rings is 1. The number of nitrogen functional groups attached to an aromatic ring is 1. The van der Waals surface area contributed by atoms with Gasteiger partial charge in [0.2, 0.25) is 5.91 Å². The van der Waals surface area contributed by atoms with Crippen molar-refractivity contribution >= 4 is 30.0 Å². The van der Waals surface area contributed by atoms with Crippen LogP contribution in [0.4, 0.5) is 10.5 Å². The lowest BCUT2D eigenvalue weighted by Crippen LogP contribution is -2.50. The molecule has 1 fully saturated rings. The summed E-state index contributed by atoms with van der Waals surface area (Å²) in [5, 5.41) is 2.61. The van der Waals surface area contributed by atoms with Crippen molar-refractivity contribution in [2.75, 3.05) is 18.8 Å². The number of nitrogens with two attached hydrogens (primary N) is 2. The zero-order chi connectivity index (χ0) is 15.9. The Labute approximate surface area is 143 Å². The number of rotatable bonds is 5. The van der Waals surface area contributed by atoms with Crippen molar-refractivity contribution in [2.45, 2.75) is 38.1 Å². The van der Waals surface area contributed by atoms with Crippen LogP contribution in [-0.4, -0.2) is 36.0 Å². The molecule has 2 rings (SSSR count). The van der Waals surface area contributed by atoms with E-state index < -0.39 is 6.03 Å². The summed E-state index contributed by atoms with van der Waals surface area (Å²) >= 11 is 0. The number of primary amides is 1. The second kappa shape index (κ2) is 9.25. The minimum absolute atomic E-state index is 0. The first-order chi connectivity index (χ1) is 10.6. The summed E-state index contributed by atoms with van der Waals surface area (Å²) in [6.45, 7) is 1.17. The lowest BCUT2D eigenvalue weighted by Gasteiger charge is -2.36. The molecule has 128 valence electrons. The van der Waals surface area contributed by atoms with Gasteiger partial charge in [0.1, 0.15) is 0 Å². The van der Waals surface area contributed by atoms with Gasteiger partial charge < -0.3 is 21.7 Å². The zero-order valence-corrected chi connectivity index (χ0v) is 14.0. The Kier molecular flexibility index (Phi) is 7.68. The van der Waals surface area contributed by atoms with E-state index in [-0.39, 0.29) is 24.4 Å². The minimum atomic E-state index is -0.546. The third-order valence-electron chi connectivity index (χ3n) is 4.12. The fraction of sp³-hybridized carbons (Fsp3) is 0.500. The Morgan fingerprint density at radius 1 is 1.26 bits per heavy atom. The Morgan fingerprint density at radius 3 is 2.70 bits per heavy atom. The number of hydrogen-bond donors (Lipinski definition) is 3. The first-order valence-corrected chi connectivity index (χ1v) is 7.74. The van der Waals surface area contributed by atoms with E-state index in [0.29, 0.717) is 19.4 Å². The van der Waals surface area contributed by atoms with Gasteiger partial charge in [-0.15, -0.1) is 12.4 Å². The van der Waals surface area contributed by atoms with E-state index >= 15 is 0 Å². The second-order valence-electron chi connectivity index (χ2n) is 5.68. The van der Waals surface area contributed by atoms with Crippen LogP contribution in [0.1, 0.15) is 31.2 Å². The number of hydrogen-bond acceptors (Lipinski definition) is 3. The number of carbonyl (C=O) groups excluding carboxylic acids is 2. The Morgan fingerprint density at radius 2 is 2.00 bits per heavy atom. The molecule has 0 radical (unpaired) electrons. The van der Waals surface area contributed by atoms with Gasteiger partial charge >= 0.3 is 6.03 Å². The normalized spacial score (nSPS) is 17.2. The summed E-state index contributed by atoms with van der Waals surface area (Å²) in [6, 6.07) is 7.11. The number of likely N-dealkylation sites (tertiary alicyclic amines) is 1. The quantitative estimate of drug-likeness (QED) is 0.710. The molecular weight excluding hydrogens is 316 g/mol. The molecule has 5 N–H and O–H groups in total. The fourth-order valence-electron chi connectivity index (χ4n) is 2.91. The molecule has 1 saturated heterocycles. The predicted molar refractivity (Wildman–Crippen MR) is 93.4 cm³/mol. The molecule has 6 nitrogen and oxygen atoms in total. The van der Waals surface area contributed by atoms with Crippen molar-refractivity contribution in [3.05, 3.63) is 29.8 Å². The highest BCUT2D eigenvalue weighted by Gasteiger charge is 2.26. The van der Waals surface area contributed by atoms with Crippen molar-refractivity contribution in [3.63, 3.8) is 0 Å². The van der Waals surface area contributed by atoms with Crippen molar-refractivity contribution in [3.8, 4) is 0 Å². The Hall–Kier alpha value is -1.95. The molecule has 7 heteroatoms. The van der Waals surface area contributed by atoms with Crippen molar-refractivity contribution in [1.82, 2.24) is 10.2 Å². The smallest absolute Gasteiger partial charge is 0.312 e. The molecule has 3 amide bonds. The number of para-hydroxylation sites is 1. The lowest BCUT2D eigenvalue weighted by molar-refractivity contribution is -0.134. The summed E-state index contributed by atoms with van der Waals surface area (Å²) in [5.41, 5.74) is 12.7. The van der Waals surface area contributed by atoms with Gasteiger partial charge in [0, 0.05) is 31.2 Å². The van der Waals surface area contributed by atoms with E-state index in [1.807, 2.05) is 29.2 Å². The molecule has 0 bridgehead atoms. The molecule has 0 spiro atoms. The van der Waals surface area contributed by atoms with Gasteiger partial charge in [0.05, 0.1) is 0 Å². The molecule has 0 saturated carbocycles. The van der Waals surface area contributed by atoms with Gasteiger partial charge in [-0.2, -0.15) is 0 Å². The van der Waals surface area contributed by atoms with Gasteiger partial charge in [-0.25, -0.2) is 4.79 Å². The van der Waals surface area contributed by atoms with Crippen LogP contribution in [0.2, 0.25) is 0 Å². The molecule has 0 aromatic heterocycles. The molecule has 1 aliphatic rings. The molecule has 1 aromatic rings. The predicted octanol–water partition coefficient (Wildman–Crippen LogP) is 1.67. The lowest BCUT2D eigenvalue weighted by atomic mass is 10.0. The van der Waals surface area contributed by atoms with Crippen LogP contribution < -0.4 is 16.8 Å². The largest absolute Gasteiger partial charge is 0.399 e. The third kappa shape index (κ3) is 5.63. The number of halogens is 1. The molecule has 0 aliphatic carbocycles. The van der Waals surface area contributed by atoms with Gasteiger partial charge in [0.25, 0.3) is 0 Å². The molecule has 1 unspecified atom stereocenters. The molecule has 1 aromatic carbocycles. The number of anilines is 1. The topological polar surface area (TPSA) is 101 Å². The number of piperidine rings is 1. The maximum absolute atomic E-state index is 12.5. The van der Waals surface area contributed by atoms with E-state index in [1.165, 1.54) is 0 Å². The summed E-state index contributed by atoms with van der Waals surface area (Å²) in [4.78, 5) is 25.2. The summed E-state index contributed by atoms with van der Waals surface area (Å²) < 4.78 is 0. The van der Waals surface area contributed by atoms with Gasteiger partial charge in [-0.3, -0.25) is 4.79 Å². The van der Waals surface area contributed by atoms with Gasteiger partial charge in [-0.1, -0.05) is 18.2 Å². The first kappa shape index (κ1) is 19.1. The average Bonchev–Trinajstić information content (AvgIpc) is 2.52. The minimum Gasteiger partial charge on any atom is -0.399 e. The highest BCUT2D eigenvalue weighted by Crippen LogP contribution is 2.19. The van der Waals surface area contributed by atoms with E-state index in [9.17, 15) is 9.59 Å². The van der Waals surface area contributed by atoms with Crippen LogP contribution in [0.5, 0.6) is 0 Å². The maximum atomic E-state index is 12.5. The van der Waals surface area contributed by atoms with Gasteiger partial charge in [-0.05, 0) is 37.3 Å². The number of nitrogens with one attached hydrogen (secondary N) is 1. The molecular formula is C16H25ClN4O2. The average molecular weight is 341 g/mol. The number of amides is 3. The zero-order valence-electron chi connectivity index (χ0n) is 13.2.